The van der Waals surface area contributed by atoms with Gasteiger partial charge in [-0.2, -0.15) is 0 Å². The fraction of sp³-hybridized carbons (Fsp3) is 0.667. The number of methoxy groups -OCH3 is 1. The first-order valence-corrected chi connectivity index (χ1v) is 5.82. The third-order valence-corrected chi connectivity index (χ3v) is 2.63. The summed E-state index contributed by atoms with van der Waals surface area (Å²) in [5.41, 5.74) is 1.91. The molecule has 5 heteroatoms. The number of carbonyl (C=O) groups excluding carboxylic acids is 1. The lowest BCUT2D eigenvalue weighted by atomic mass is 10.1. The molecule has 0 aliphatic rings. The maximum Gasteiger partial charge on any atom is 0.220 e. The number of hydrogen-bond donors (Lipinski definition) is 1. The Balaban J connectivity index is 2.24. The third-order valence-electron chi connectivity index (χ3n) is 2.63. The van der Waals surface area contributed by atoms with Crippen molar-refractivity contribution in [1.29, 1.82) is 0 Å². The minimum Gasteiger partial charge on any atom is -0.385 e. The largest absolute Gasteiger partial charge is 0.385 e. The molecule has 0 bridgehead atoms. The van der Waals surface area contributed by atoms with Crippen molar-refractivity contribution in [2.75, 3.05) is 20.3 Å². The first-order valence-electron chi connectivity index (χ1n) is 5.82. The van der Waals surface area contributed by atoms with Gasteiger partial charge in [0.05, 0.1) is 5.69 Å². The molecule has 0 aromatic carbocycles. The second kappa shape index (κ2) is 7.06. The van der Waals surface area contributed by atoms with Crippen LogP contribution in [0.15, 0.2) is 4.52 Å². The van der Waals surface area contributed by atoms with Gasteiger partial charge in [-0.05, 0) is 26.7 Å². The third kappa shape index (κ3) is 4.56. The molecule has 0 aliphatic heterocycles. The standard InChI is InChI=1S/C12H20N2O3/c1-9-11(10(2)17-14-9)5-6-12(15)13-7-4-8-16-3/h4-8H2,1-3H3,(H,13,15). The maximum atomic E-state index is 11.5. The molecular formula is C12H20N2O3. The summed E-state index contributed by atoms with van der Waals surface area (Å²) in [6.07, 6.45) is 1.99. The molecule has 1 aromatic rings. The average Bonchev–Trinajstić information content (AvgIpc) is 2.62. The van der Waals surface area contributed by atoms with Crippen LogP contribution in [0.5, 0.6) is 0 Å². The van der Waals surface area contributed by atoms with Gasteiger partial charge in [0.1, 0.15) is 5.76 Å². The molecule has 96 valence electrons. The van der Waals surface area contributed by atoms with E-state index >= 15 is 0 Å². The van der Waals surface area contributed by atoms with E-state index < -0.39 is 0 Å². The maximum absolute atomic E-state index is 11.5. The summed E-state index contributed by atoms with van der Waals surface area (Å²) in [6.45, 7) is 5.09. The van der Waals surface area contributed by atoms with Crippen LogP contribution in [0.2, 0.25) is 0 Å². The summed E-state index contributed by atoms with van der Waals surface area (Å²) in [4.78, 5) is 11.5. The molecule has 1 aromatic heterocycles. The quantitative estimate of drug-likeness (QED) is 0.731. The fourth-order valence-corrected chi connectivity index (χ4v) is 1.63. The summed E-state index contributed by atoms with van der Waals surface area (Å²) in [6, 6.07) is 0. The number of hydrogen-bond acceptors (Lipinski definition) is 4. The van der Waals surface area contributed by atoms with Gasteiger partial charge in [0, 0.05) is 32.2 Å². The zero-order valence-electron chi connectivity index (χ0n) is 10.7. The zero-order valence-corrected chi connectivity index (χ0v) is 10.7. The Morgan fingerprint density at radius 1 is 1.47 bits per heavy atom. The molecule has 0 atom stereocenters. The number of carbonyl (C=O) groups is 1. The lowest BCUT2D eigenvalue weighted by Crippen LogP contribution is -2.25. The second-order valence-corrected chi connectivity index (χ2v) is 4.00. The lowest BCUT2D eigenvalue weighted by molar-refractivity contribution is -0.121. The molecule has 0 radical (unpaired) electrons. The molecule has 1 amide bonds. The van der Waals surface area contributed by atoms with Crippen LogP contribution in [0.4, 0.5) is 0 Å². The van der Waals surface area contributed by atoms with Crippen molar-refractivity contribution in [3.05, 3.63) is 17.0 Å². The number of aryl methyl sites for hydroxylation is 2. The Morgan fingerprint density at radius 3 is 2.82 bits per heavy atom. The van der Waals surface area contributed by atoms with Gasteiger partial charge < -0.3 is 14.6 Å². The van der Waals surface area contributed by atoms with E-state index in [1.165, 1.54) is 0 Å². The lowest BCUT2D eigenvalue weighted by Gasteiger charge is -2.04. The molecule has 0 aliphatic carbocycles. The number of nitrogens with one attached hydrogen (secondary N) is 1. The Bertz CT molecular complexity index is 341. The topological polar surface area (TPSA) is 64.4 Å². The first kappa shape index (κ1) is 13.7. The number of ether oxygens (including phenoxy) is 1. The molecule has 17 heavy (non-hydrogen) atoms. The van der Waals surface area contributed by atoms with Gasteiger partial charge in [-0.15, -0.1) is 0 Å². The summed E-state index contributed by atoms with van der Waals surface area (Å²) in [7, 11) is 1.65. The molecule has 1 rings (SSSR count). The van der Waals surface area contributed by atoms with Crippen molar-refractivity contribution in [1.82, 2.24) is 10.5 Å². The Hall–Kier alpha value is -1.36. The number of aromatic nitrogens is 1. The van der Waals surface area contributed by atoms with Gasteiger partial charge in [-0.1, -0.05) is 5.16 Å². The van der Waals surface area contributed by atoms with E-state index in [9.17, 15) is 4.79 Å². The van der Waals surface area contributed by atoms with E-state index in [0.29, 0.717) is 26.0 Å². The average molecular weight is 240 g/mol. The molecule has 1 heterocycles. The van der Waals surface area contributed by atoms with Crippen LogP contribution in [0.3, 0.4) is 0 Å². The predicted octanol–water partition coefficient (Wildman–Crippen LogP) is 1.38. The van der Waals surface area contributed by atoms with E-state index in [2.05, 4.69) is 10.5 Å². The molecular weight excluding hydrogens is 220 g/mol. The van der Waals surface area contributed by atoms with E-state index in [1.54, 1.807) is 7.11 Å². The molecule has 0 fully saturated rings. The van der Waals surface area contributed by atoms with Crippen LogP contribution < -0.4 is 5.32 Å². The Morgan fingerprint density at radius 2 is 2.24 bits per heavy atom. The normalized spacial score (nSPS) is 10.5. The summed E-state index contributed by atoms with van der Waals surface area (Å²) in [5, 5.41) is 6.71. The summed E-state index contributed by atoms with van der Waals surface area (Å²) < 4.78 is 9.94. The van der Waals surface area contributed by atoms with Gasteiger partial charge >= 0.3 is 0 Å². The second-order valence-electron chi connectivity index (χ2n) is 4.00. The van der Waals surface area contributed by atoms with Crippen molar-refractivity contribution in [2.45, 2.75) is 33.1 Å². The van der Waals surface area contributed by atoms with Crippen LogP contribution in [0.25, 0.3) is 0 Å². The highest BCUT2D eigenvalue weighted by Crippen LogP contribution is 2.13. The van der Waals surface area contributed by atoms with Crippen LogP contribution in [0.1, 0.15) is 29.9 Å². The van der Waals surface area contributed by atoms with Crippen molar-refractivity contribution in [3.8, 4) is 0 Å². The Kier molecular flexibility index (Phi) is 5.69. The summed E-state index contributed by atoms with van der Waals surface area (Å²) >= 11 is 0. The number of rotatable bonds is 7. The molecule has 0 spiro atoms. The molecule has 0 unspecified atom stereocenters. The van der Waals surface area contributed by atoms with Crippen molar-refractivity contribution in [3.63, 3.8) is 0 Å². The first-order chi connectivity index (χ1) is 8.15. The van der Waals surface area contributed by atoms with Gasteiger partial charge in [0.15, 0.2) is 0 Å². The van der Waals surface area contributed by atoms with Gasteiger partial charge in [0.2, 0.25) is 5.91 Å². The highest BCUT2D eigenvalue weighted by molar-refractivity contribution is 5.76. The van der Waals surface area contributed by atoms with Crippen LogP contribution in [-0.2, 0) is 16.0 Å². The van der Waals surface area contributed by atoms with E-state index in [-0.39, 0.29) is 5.91 Å². The molecule has 5 nitrogen and oxygen atoms in total. The SMILES string of the molecule is COCCCNC(=O)CCc1c(C)noc1C. The van der Waals surface area contributed by atoms with E-state index in [4.69, 9.17) is 9.26 Å². The van der Waals surface area contributed by atoms with Crippen molar-refractivity contribution in [2.24, 2.45) is 0 Å². The highest BCUT2D eigenvalue weighted by atomic mass is 16.5. The molecule has 0 saturated heterocycles. The van der Waals surface area contributed by atoms with Crippen LogP contribution in [0, 0.1) is 13.8 Å². The van der Waals surface area contributed by atoms with Crippen molar-refractivity contribution >= 4 is 5.91 Å². The van der Waals surface area contributed by atoms with E-state index in [1.807, 2.05) is 13.8 Å². The van der Waals surface area contributed by atoms with E-state index in [0.717, 1.165) is 23.4 Å². The van der Waals surface area contributed by atoms with Crippen LogP contribution in [-0.4, -0.2) is 31.3 Å². The molecule has 1 N–H and O–H groups in total. The predicted molar refractivity (Wildman–Crippen MR) is 63.8 cm³/mol. The Labute approximate surface area is 102 Å². The minimum absolute atomic E-state index is 0.0566. The number of nitrogens with zero attached hydrogens (tertiary/aromatic N) is 1. The van der Waals surface area contributed by atoms with Crippen molar-refractivity contribution < 1.29 is 14.1 Å². The minimum atomic E-state index is 0.0566. The smallest absolute Gasteiger partial charge is 0.220 e. The number of amides is 1. The van der Waals surface area contributed by atoms with Gasteiger partial charge in [-0.3, -0.25) is 4.79 Å². The summed E-state index contributed by atoms with van der Waals surface area (Å²) in [5.74, 6) is 0.857. The fourth-order valence-electron chi connectivity index (χ4n) is 1.63. The highest BCUT2D eigenvalue weighted by Gasteiger charge is 2.10. The van der Waals surface area contributed by atoms with Crippen LogP contribution >= 0.6 is 0 Å². The van der Waals surface area contributed by atoms with Gasteiger partial charge in [0.25, 0.3) is 0 Å². The zero-order chi connectivity index (χ0) is 12.7. The molecule has 0 saturated carbocycles. The van der Waals surface area contributed by atoms with Gasteiger partial charge in [-0.25, -0.2) is 0 Å². The monoisotopic (exact) mass is 240 g/mol.